The van der Waals surface area contributed by atoms with E-state index in [0.717, 1.165) is 25.2 Å². The Balaban J connectivity index is 1.98. The van der Waals surface area contributed by atoms with Crippen LogP contribution in [0.1, 0.15) is 19.4 Å². The number of hydrogen-bond donors (Lipinski definition) is 1. The fourth-order valence-electron chi connectivity index (χ4n) is 2.89. The third-order valence-electron chi connectivity index (χ3n) is 4.53. The van der Waals surface area contributed by atoms with Crippen molar-refractivity contribution < 1.29 is 19.0 Å². The van der Waals surface area contributed by atoms with Gasteiger partial charge in [0.25, 0.3) is 0 Å². The quantitative estimate of drug-likeness (QED) is 0.639. The average molecular weight is 386 g/mol. The first-order chi connectivity index (χ1) is 13.6. The molecule has 1 N–H and O–H groups in total. The third kappa shape index (κ3) is 6.16. The Hall–Kier alpha value is -2.73. The van der Waals surface area contributed by atoms with Crippen LogP contribution in [0.4, 0.5) is 5.69 Å². The first-order valence-electron chi connectivity index (χ1n) is 9.56. The average Bonchev–Trinajstić information content (AvgIpc) is 2.72. The van der Waals surface area contributed by atoms with Crippen LogP contribution in [-0.2, 0) is 11.2 Å². The van der Waals surface area contributed by atoms with Crippen LogP contribution < -0.4 is 19.5 Å². The van der Waals surface area contributed by atoms with Gasteiger partial charge in [0, 0.05) is 6.54 Å². The summed E-state index contributed by atoms with van der Waals surface area (Å²) in [6.45, 7) is 7.66. The van der Waals surface area contributed by atoms with Gasteiger partial charge in [-0.25, -0.2) is 0 Å². The summed E-state index contributed by atoms with van der Waals surface area (Å²) in [6, 6.07) is 13.0. The van der Waals surface area contributed by atoms with Gasteiger partial charge in [0.05, 0.1) is 26.3 Å². The van der Waals surface area contributed by atoms with Crippen LogP contribution in [-0.4, -0.2) is 51.3 Å². The van der Waals surface area contributed by atoms with Crippen molar-refractivity contribution in [2.45, 2.75) is 20.3 Å². The molecule has 0 aliphatic carbocycles. The molecule has 0 heterocycles. The van der Waals surface area contributed by atoms with E-state index in [1.165, 1.54) is 0 Å². The number of methoxy groups -OCH3 is 2. The van der Waals surface area contributed by atoms with Gasteiger partial charge in [0.15, 0.2) is 11.5 Å². The Morgan fingerprint density at radius 3 is 2.36 bits per heavy atom. The molecule has 6 nitrogen and oxygen atoms in total. The number of para-hydroxylation sites is 2. The number of carbonyl (C=O) groups is 1. The van der Waals surface area contributed by atoms with E-state index < -0.39 is 0 Å². The Morgan fingerprint density at radius 1 is 0.964 bits per heavy atom. The number of carbonyl (C=O) groups excluding carboxylic acids is 1. The topological polar surface area (TPSA) is 60.0 Å². The van der Waals surface area contributed by atoms with Crippen molar-refractivity contribution in [2.75, 3.05) is 45.8 Å². The summed E-state index contributed by atoms with van der Waals surface area (Å²) in [7, 11) is 3.16. The Kier molecular flexibility index (Phi) is 8.62. The maximum atomic E-state index is 12.5. The third-order valence-corrected chi connectivity index (χ3v) is 4.53. The maximum absolute atomic E-state index is 12.5. The molecule has 2 aromatic rings. The molecule has 0 aliphatic rings. The molecule has 0 spiro atoms. The molecule has 0 saturated carbocycles. The van der Waals surface area contributed by atoms with Gasteiger partial charge in [0.1, 0.15) is 12.4 Å². The van der Waals surface area contributed by atoms with Gasteiger partial charge in [-0.3, -0.25) is 4.79 Å². The molecule has 2 rings (SSSR count). The van der Waals surface area contributed by atoms with Crippen LogP contribution in [0.25, 0.3) is 0 Å². The smallest absolute Gasteiger partial charge is 0.228 e. The zero-order valence-corrected chi connectivity index (χ0v) is 17.2. The number of ether oxygens (including phenoxy) is 3. The minimum atomic E-state index is -0.119. The molecule has 0 saturated heterocycles. The number of rotatable bonds is 11. The van der Waals surface area contributed by atoms with Crippen LogP contribution >= 0.6 is 0 Å². The number of likely N-dealkylation sites (N-methyl/N-ethyl adjacent to an activating group) is 1. The number of benzene rings is 2. The fourth-order valence-corrected chi connectivity index (χ4v) is 2.89. The second-order valence-corrected chi connectivity index (χ2v) is 6.29. The summed E-state index contributed by atoms with van der Waals surface area (Å²) < 4.78 is 16.4. The molecule has 0 fully saturated rings. The summed E-state index contributed by atoms with van der Waals surface area (Å²) in [6.07, 6.45) is 0.230. The van der Waals surface area contributed by atoms with Crippen molar-refractivity contribution in [3.05, 3.63) is 48.0 Å². The van der Waals surface area contributed by atoms with Crippen molar-refractivity contribution in [3.63, 3.8) is 0 Å². The molecule has 0 aromatic heterocycles. The van der Waals surface area contributed by atoms with Crippen molar-refractivity contribution in [1.82, 2.24) is 4.90 Å². The lowest BCUT2D eigenvalue weighted by atomic mass is 10.1. The lowest BCUT2D eigenvalue weighted by Crippen LogP contribution is -2.28. The van der Waals surface area contributed by atoms with Crippen molar-refractivity contribution in [2.24, 2.45) is 0 Å². The van der Waals surface area contributed by atoms with E-state index in [1.54, 1.807) is 20.3 Å². The highest BCUT2D eigenvalue weighted by Crippen LogP contribution is 2.28. The molecule has 152 valence electrons. The molecular weight excluding hydrogens is 356 g/mol. The van der Waals surface area contributed by atoms with E-state index in [1.807, 2.05) is 36.4 Å². The standard InChI is InChI=1S/C22H30N2O4/c1-5-24(6-2)13-14-28-19-10-8-7-9-18(19)23-22(25)16-17-11-12-20(26-3)21(15-17)27-4/h7-12,15H,5-6,13-14,16H2,1-4H3,(H,23,25). The van der Waals surface area contributed by atoms with Crippen LogP contribution in [0.5, 0.6) is 17.2 Å². The van der Waals surface area contributed by atoms with Gasteiger partial charge in [-0.15, -0.1) is 0 Å². The highest BCUT2D eigenvalue weighted by atomic mass is 16.5. The first kappa shape index (κ1) is 21.6. The number of anilines is 1. The Labute approximate surface area is 167 Å². The van der Waals surface area contributed by atoms with Crippen molar-refractivity contribution in [3.8, 4) is 17.2 Å². The number of hydrogen-bond acceptors (Lipinski definition) is 5. The van der Waals surface area contributed by atoms with Gasteiger partial charge in [-0.2, -0.15) is 0 Å². The van der Waals surface area contributed by atoms with Crippen LogP contribution in [0.15, 0.2) is 42.5 Å². The van der Waals surface area contributed by atoms with Gasteiger partial charge >= 0.3 is 0 Å². The fraction of sp³-hybridized carbons (Fsp3) is 0.409. The minimum absolute atomic E-state index is 0.119. The molecule has 1 amide bonds. The summed E-state index contributed by atoms with van der Waals surface area (Å²) in [5.41, 5.74) is 1.52. The summed E-state index contributed by atoms with van der Waals surface area (Å²) in [5.74, 6) is 1.80. The summed E-state index contributed by atoms with van der Waals surface area (Å²) in [5, 5.41) is 2.94. The van der Waals surface area contributed by atoms with Crippen molar-refractivity contribution in [1.29, 1.82) is 0 Å². The Bertz CT molecular complexity index is 760. The van der Waals surface area contributed by atoms with E-state index in [9.17, 15) is 4.79 Å². The van der Waals surface area contributed by atoms with Gasteiger partial charge in [-0.05, 0) is 42.9 Å². The van der Waals surface area contributed by atoms with E-state index in [-0.39, 0.29) is 12.3 Å². The molecule has 2 aromatic carbocycles. The second kappa shape index (κ2) is 11.2. The Morgan fingerprint density at radius 2 is 1.68 bits per heavy atom. The molecule has 28 heavy (non-hydrogen) atoms. The monoisotopic (exact) mass is 386 g/mol. The number of nitrogens with zero attached hydrogens (tertiary/aromatic N) is 1. The molecule has 0 atom stereocenters. The molecular formula is C22H30N2O4. The number of amides is 1. The summed E-state index contributed by atoms with van der Waals surface area (Å²) >= 11 is 0. The zero-order chi connectivity index (χ0) is 20.4. The highest BCUT2D eigenvalue weighted by Gasteiger charge is 2.11. The van der Waals surface area contributed by atoms with Crippen LogP contribution in [0, 0.1) is 0 Å². The molecule has 0 radical (unpaired) electrons. The predicted octanol–water partition coefficient (Wildman–Crippen LogP) is 3.61. The van der Waals surface area contributed by atoms with Crippen molar-refractivity contribution >= 4 is 11.6 Å². The van der Waals surface area contributed by atoms with E-state index >= 15 is 0 Å². The summed E-state index contributed by atoms with van der Waals surface area (Å²) in [4.78, 5) is 14.8. The largest absolute Gasteiger partial charge is 0.493 e. The minimum Gasteiger partial charge on any atom is -0.493 e. The first-order valence-corrected chi connectivity index (χ1v) is 9.56. The van der Waals surface area contributed by atoms with Crippen LogP contribution in [0.3, 0.4) is 0 Å². The zero-order valence-electron chi connectivity index (χ0n) is 17.2. The van der Waals surface area contributed by atoms with Gasteiger partial charge in [0.2, 0.25) is 5.91 Å². The molecule has 0 aliphatic heterocycles. The molecule has 0 bridgehead atoms. The van der Waals surface area contributed by atoms with Crippen LogP contribution in [0.2, 0.25) is 0 Å². The lowest BCUT2D eigenvalue weighted by Gasteiger charge is -2.19. The van der Waals surface area contributed by atoms with Gasteiger partial charge in [-0.1, -0.05) is 32.0 Å². The SMILES string of the molecule is CCN(CC)CCOc1ccccc1NC(=O)Cc1ccc(OC)c(OC)c1. The van der Waals surface area contributed by atoms with Gasteiger partial charge < -0.3 is 24.4 Å². The van der Waals surface area contributed by atoms with E-state index in [2.05, 4.69) is 24.1 Å². The van der Waals surface area contributed by atoms with E-state index in [0.29, 0.717) is 29.5 Å². The second-order valence-electron chi connectivity index (χ2n) is 6.29. The molecule has 0 unspecified atom stereocenters. The predicted molar refractivity (Wildman–Crippen MR) is 112 cm³/mol. The molecule has 6 heteroatoms. The highest BCUT2D eigenvalue weighted by molar-refractivity contribution is 5.93. The number of nitrogens with one attached hydrogen (secondary N) is 1. The van der Waals surface area contributed by atoms with E-state index in [4.69, 9.17) is 14.2 Å². The normalized spacial score (nSPS) is 10.6. The lowest BCUT2D eigenvalue weighted by molar-refractivity contribution is -0.115. The maximum Gasteiger partial charge on any atom is 0.228 e.